The van der Waals surface area contributed by atoms with Gasteiger partial charge in [-0.25, -0.2) is 4.39 Å². The molecule has 0 saturated heterocycles. The number of benzene rings is 2. The summed E-state index contributed by atoms with van der Waals surface area (Å²) in [5.41, 5.74) is 7.61. The Morgan fingerprint density at radius 2 is 1.95 bits per heavy atom. The fourth-order valence-corrected chi connectivity index (χ4v) is 1.99. The number of rotatable bonds is 5. The van der Waals surface area contributed by atoms with Crippen LogP contribution >= 0.6 is 0 Å². The largest absolute Gasteiger partial charge is 0.489 e. The summed E-state index contributed by atoms with van der Waals surface area (Å²) in [7, 11) is 0. The molecule has 0 amide bonds. The predicted octanol–water partition coefficient (Wildman–Crippen LogP) is 3.17. The van der Waals surface area contributed by atoms with Crippen LogP contribution in [0.15, 0.2) is 42.5 Å². The minimum Gasteiger partial charge on any atom is -0.489 e. The Morgan fingerprint density at radius 1 is 1.24 bits per heavy atom. The maximum Gasteiger partial charge on any atom is 0.131 e. The van der Waals surface area contributed by atoms with Crippen molar-refractivity contribution in [3.63, 3.8) is 0 Å². The second-order valence-electron chi connectivity index (χ2n) is 5.03. The second-order valence-corrected chi connectivity index (χ2v) is 5.03. The van der Waals surface area contributed by atoms with Crippen molar-refractivity contribution in [3.8, 4) is 11.8 Å². The van der Waals surface area contributed by atoms with E-state index in [1.807, 2.05) is 37.3 Å². The Kier molecular flexibility index (Phi) is 4.91. The first-order valence-corrected chi connectivity index (χ1v) is 6.74. The minimum atomic E-state index is -0.428. The van der Waals surface area contributed by atoms with Crippen molar-refractivity contribution in [2.24, 2.45) is 5.73 Å². The highest BCUT2D eigenvalue weighted by molar-refractivity contribution is 5.33. The predicted molar refractivity (Wildman–Crippen MR) is 79.2 cm³/mol. The van der Waals surface area contributed by atoms with Gasteiger partial charge in [0.05, 0.1) is 11.6 Å². The summed E-state index contributed by atoms with van der Waals surface area (Å²) in [6.07, 6.45) is 0.810. The van der Waals surface area contributed by atoms with E-state index in [0.29, 0.717) is 16.9 Å². The summed E-state index contributed by atoms with van der Waals surface area (Å²) in [6, 6.07) is 14.0. The van der Waals surface area contributed by atoms with E-state index >= 15 is 0 Å². The molecule has 108 valence electrons. The van der Waals surface area contributed by atoms with Crippen LogP contribution in [0, 0.1) is 17.1 Å². The third-order valence-electron chi connectivity index (χ3n) is 3.06. The Hall–Kier alpha value is -2.38. The van der Waals surface area contributed by atoms with Gasteiger partial charge in [0.25, 0.3) is 0 Å². The van der Waals surface area contributed by atoms with Gasteiger partial charge in [0.1, 0.15) is 18.2 Å². The molecule has 0 spiro atoms. The van der Waals surface area contributed by atoms with E-state index in [-0.39, 0.29) is 12.6 Å². The summed E-state index contributed by atoms with van der Waals surface area (Å²) in [5, 5.41) is 8.69. The molecule has 0 fully saturated rings. The molecule has 1 unspecified atom stereocenters. The van der Waals surface area contributed by atoms with Crippen LogP contribution in [0.25, 0.3) is 0 Å². The number of nitrogens with two attached hydrogens (primary N) is 1. The Bertz CT molecular complexity index is 645. The number of nitriles is 1. The van der Waals surface area contributed by atoms with Crippen molar-refractivity contribution in [1.82, 2.24) is 0 Å². The normalized spacial score (nSPS) is 11.7. The number of hydrogen-bond acceptors (Lipinski definition) is 3. The van der Waals surface area contributed by atoms with Crippen LogP contribution in [0.3, 0.4) is 0 Å². The standard InChI is InChI=1S/C17H17FN2O/c1-12(20)8-13-3-6-16(7-4-13)21-11-15-5-2-14(10-19)9-17(15)18/h2-7,9,12H,8,11,20H2,1H3. The van der Waals surface area contributed by atoms with Crippen LogP contribution in [0.5, 0.6) is 5.75 Å². The molecule has 0 aromatic heterocycles. The molecule has 4 heteroatoms. The van der Waals surface area contributed by atoms with Gasteiger partial charge in [-0.05, 0) is 43.2 Å². The van der Waals surface area contributed by atoms with Gasteiger partial charge in [0.15, 0.2) is 0 Å². The fraction of sp³-hybridized carbons (Fsp3) is 0.235. The lowest BCUT2D eigenvalue weighted by Gasteiger charge is -2.09. The lowest BCUT2D eigenvalue weighted by atomic mass is 10.1. The SMILES string of the molecule is CC(N)Cc1ccc(OCc2ccc(C#N)cc2F)cc1. The van der Waals surface area contributed by atoms with Gasteiger partial charge in [-0.15, -0.1) is 0 Å². The second kappa shape index (κ2) is 6.87. The fourth-order valence-electron chi connectivity index (χ4n) is 1.99. The summed E-state index contributed by atoms with van der Waals surface area (Å²) >= 11 is 0. The lowest BCUT2D eigenvalue weighted by molar-refractivity contribution is 0.299. The van der Waals surface area contributed by atoms with Gasteiger partial charge in [-0.1, -0.05) is 18.2 Å². The summed E-state index contributed by atoms with van der Waals surface area (Å²) in [5.74, 6) is 0.245. The molecule has 0 aliphatic carbocycles. The molecule has 0 aliphatic rings. The van der Waals surface area contributed by atoms with Gasteiger partial charge < -0.3 is 10.5 Å². The molecule has 2 aromatic carbocycles. The van der Waals surface area contributed by atoms with Gasteiger partial charge in [0, 0.05) is 11.6 Å². The van der Waals surface area contributed by atoms with Crippen molar-refractivity contribution >= 4 is 0 Å². The highest BCUT2D eigenvalue weighted by Crippen LogP contribution is 2.17. The van der Waals surface area contributed by atoms with Gasteiger partial charge in [-0.3, -0.25) is 0 Å². The molecule has 0 heterocycles. The number of hydrogen-bond donors (Lipinski definition) is 1. The van der Waals surface area contributed by atoms with E-state index in [1.165, 1.54) is 6.07 Å². The third kappa shape index (κ3) is 4.30. The molecular weight excluding hydrogens is 267 g/mol. The number of ether oxygens (including phenoxy) is 1. The van der Waals surface area contributed by atoms with Crippen molar-refractivity contribution in [3.05, 3.63) is 65.0 Å². The smallest absolute Gasteiger partial charge is 0.131 e. The topological polar surface area (TPSA) is 59.0 Å². The first-order valence-electron chi connectivity index (χ1n) is 6.74. The van der Waals surface area contributed by atoms with Crippen LogP contribution < -0.4 is 10.5 Å². The summed E-state index contributed by atoms with van der Waals surface area (Å²) in [6.45, 7) is 2.09. The van der Waals surface area contributed by atoms with E-state index in [2.05, 4.69) is 0 Å². The van der Waals surface area contributed by atoms with Crippen LogP contribution in [0.2, 0.25) is 0 Å². The van der Waals surface area contributed by atoms with Crippen molar-refractivity contribution < 1.29 is 9.13 Å². The molecule has 0 bridgehead atoms. The van der Waals surface area contributed by atoms with Gasteiger partial charge >= 0.3 is 0 Å². The van der Waals surface area contributed by atoms with Crippen LogP contribution in [0.1, 0.15) is 23.6 Å². The lowest BCUT2D eigenvalue weighted by Crippen LogP contribution is -2.17. The molecule has 2 rings (SSSR count). The molecular formula is C17H17FN2O. The molecule has 0 saturated carbocycles. The summed E-state index contributed by atoms with van der Waals surface area (Å²) in [4.78, 5) is 0. The average Bonchev–Trinajstić information content (AvgIpc) is 2.47. The quantitative estimate of drug-likeness (QED) is 0.917. The molecule has 2 aromatic rings. The molecule has 3 nitrogen and oxygen atoms in total. The third-order valence-corrected chi connectivity index (χ3v) is 3.06. The van der Waals surface area contributed by atoms with Crippen molar-refractivity contribution in [2.75, 3.05) is 0 Å². The highest BCUT2D eigenvalue weighted by Gasteiger charge is 2.05. The zero-order valence-corrected chi connectivity index (χ0v) is 11.8. The minimum absolute atomic E-state index is 0.115. The zero-order valence-electron chi connectivity index (χ0n) is 11.8. The Morgan fingerprint density at radius 3 is 2.52 bits per heavy atom. The molecule has 21 heavy (non-hydrogen) atoms. The number of nitrogens with zero attached hydrogens (tertiary/aromatic N) is 1. The summed E-state index contributed by atoms with van der Waals surface area (Å²) < 4.78 is 19.3. The highest BCUT2D eigenvalue weighted by atomic mass is 19.1. The Balaban J connectivity index is 1.98. The molecule has 0 aliphatic heterocycles. The first-order chi connectivity index (χ1) is 10.1. The zero-order chi connectivity index (χ0) is 15.2. The van der Waals surface area contributed by atoms with Gasteiger partial charge in [-0.2, -0.15) is 5.26 Å². The number of halogens is 1. The van der Waals surface area contributed by atoms with Crippen molar-refractivity contribution in [1.29, 1.82) is 5.26 Å². The first kappa shape index (κ1) is 15.0. The molecule has 0 radical (unpaired) electrons. The maximum absolute atomic E-state index is 13.7. The average molecular weight is 284 g/mol. The molecule has 2 N–H and O–H groups in total. The van der Waals surface area contributed by atoms with Gasteiger partial charge in [0.2, 0.25) is 0 Å². The maximum atomic E-state index is 13.7. The molecule has 1 atom stereocenters. The van der Waals surface area contributed by atoms with E-state index in [4.69, 9.17) is 15.7 Å². The van der Waals surface area contributed by atoms with Crippen LogP contribution in [-0.4, -0.2) is 6.04 Å². The van der Waals surface area contributed by atoms with E-state index in [1.54, 1.807) is 12.1 Å². The van der Waals surface area contributed by atoms with Crippen LogP contribution in [-0.2, 0) is 13.0 Å². The monoisotopic (exact) mass is 284 g/mol. The van der Waals surface area contributed by atoms with E-state index in [9.17, 15) is 4.39 Å². The van der Waals surface area contributed by atoms with E-state index < -0.39 is 5.82 Å². The van der Waals surface area contributed by atoms with Crippen LogP contribution in [0.4, 0.5) is 4.39 Å². The Labute approximate surface area is 123 Å². The van der Waals surface area contributed by atoms with Crippen molar-refractivity contribution in [2.45, 2.75) is 26.0 Å². The van der Waals surface area contributed by atoms with E-state index in [0.717, 1.165) is 12.0 Å².